The fraction of sp³-hybridized carbons (Fsp3) is 0.467. The van der Waals surface area contributed by atoms with E-state index in [1.807, 2.05) is 0 Å². The van der Waals surface area contributed by atoms with Gasteiger partial charge in [0, 0.05) is 0 Å². The van der Waals surface area contributed by atoms with Crippen molar-refractivity contribution in [2.75, 3.05) is 6.61 Å². The molecule has 1 aliphatic carbocycles. The Balaban J connectivity index is 1.96. The minimum absolute atomic E-state index is 0.210. The van der Waals surface area contributed by atoms with Crippen LogP contribution in [0.3, 0.4) is 0 Å². The molecule has 126 valence electrons. The number of carboxylic acid groups (broad SMARTS) is 1. The molecular formula is C15H16F3NO4. The van der Waals surface area contributed by atoms with Gasteiger partial charge in [0.15, 0.2) is 6.61 Å². The second kappa shape index (κ2) is 6.47. The smallest absolute Gasteiger partial charge is 0.419 e. The molecule has 0 saturated heterocycles. The summed E-state index contributed by atoms with van der Waals surface area (Å²) in [5.41, 5.74) is -1.77. The Morgan fingerprint density at radius 1 is 1.26 bits per heavy atom. The van der Waals surface area contributed by atoms with Crippen molar-refractivity contribution in [3.05, 3.63) is 29.8 Å². The summed E-state index contributed by atoms with van der Waals surface area (Å²) >= 11 is 0. The maximum atomic E-state index is 12.8. The molecule has 1 aromatic carbocycles. The van der Waals surface area contributed by atoms with Crippen LogP contribution in [0.25, 0.3) is 0 Å². The molecule has 1 fully saturated rings. The van der Waals surface area contributed by atoms with Crippen LogP contribution < -0.4 is 10.1 Å². The fourth-order valence-electron chi connectivity index (χ4n) is 2.54. The Morgan fingerprint density at radius 3 is 2.43 bits per heavy atom. The Kier molecular flexibility index (Phi) is 4.82. The van der Waals surface area contributed by atoms with E-state index in [1.165, 1.54) is 12.1 Å². The van der Waals surface area contributed by atoms with Gasteiger partial charge in [0.1, 0.15) is 5.75 Å². The first-order valence-electron chi connectivity index (χ1n) is 7.04. The van der Waals surface area contributed by atoms with Crippen molar-refractivity contribution in [1.82, 2.24) is 5.32 Å². The highest BCUT2D eigenvalue weighted by atomic mass is 19.4. The molecular weight excluding hydrogens is 315 g/mol. The normalized spacial score (nSPS) is 16.3. The van der Waals surface area contributed by atoms with E-state index >= 15 is 0 Å². The molecule has 23 heavy (non-hydrogen) atoms. The van der Waals surface area contributed by atoms with E-state index in [2.05, 4.69) is 5.32 Å². The highest BCUT2D eigenvalue weighted by Gasteiger charge is 2.40. The topological polar surface area (TPSA) is 75.6 Å². The number of amides is 1. The number of rotatable bonds is 6. The van der Waals surface area contributed by atoms with Crippen LogP contribution in [0.2, 0.25) is 0 Å². The Hall–Kier alpha value is -2.25. The van der Waals surface area contributed by atoms with Gasteiger partial charge in [-0.3, -0.25) is 9.59 Å². The number of hydrogen-bond acceptors (Lipinski definition) is 3. The average molecular weight is 331 g/mol. The number of carbonyl (C=O) groups excluding carboxylic acids is 1. The van der Waals surface area contributed by atoms with Gasteiger partial charge >= 0.3 is 12.1 Å². The van der Waals surface area contributed by atoms with Crippen LogP contribution in [0.15, 0.2) is 24.3 Å². The standard InChI is InChI=1S/C15H16F3NO4/c16-15(17,18)10-4-1-2-5-11(10)23-9-12(20)19-14(6-3-7-14)8-13(21)22/h1-2,4-5H,3,6-9H2,(H,19,20)(H,21,22). The number of hydrogen-bond donors (Lipinski definition) is 2. The quantitative estimate of drug-likeness (QED) is 0.840. The van der Waals surface area contributed by atoms with Gasteiger partial charge in [-0.25, -0.2) is 0 Å². The molecule has 5 nitrogen and oxygen atoms in total. The van der Waals surface area contributed by atoms with Crippen molar-refractivity contribution in [2.24, 2.45) is 0 Å². The zero-order chi connectivity index (χ0) is 17.1. The molecule has 2 N–H and O–H groups in total. The van der Waals surface area contributed by atoms with Gasteiger partial charge < -0.3 is 15.2 Å². The molecule has 0 spiro atoms. The van der Waals surface area contributed by atoms with Crippen LogP contribution in [0, 0.1) is 0 Å². The zero-order valence-corrected chi connectivity index (χ0v) is 12.2. The maximum absolute atomic E-state index is 12.8. The minimum Gasteiger partial charge on any atom is -0.483 e. The molecule has 0 radical (unpaired) electrons. The van der Waals surface area contributed by atoms with E-state index in [-0.39, 0.29) is 6.42 Å². The number of carboxylic acids is 1. The number of nitrogens with one attached hydrogen (secondary N) is 1. The minimum atomic E-state index is -4.58. The summed E-state index contributed by atoms with van der Waals surface area (Å²) < 4.78 is 43.4. The second-order valence-corrected chi connectivity index (χ2v) is 5.54. The first kappa shape index (κ1) is 17.1. The predicted octanol–water partition coefficient (Wildman–Crippen LogP) is 2.60. The molecule has 0 bridgehead atoms. The molecule has 1 saturated carbocycles. The number of ether oxygens (including phenoxy) is 1. The van der Waals surface area contributed by atoms with E-state index in [4.69, 9.17) is 9.84 Å². The molecule has 1 aromatic rings. The largest absolute Gasteiger partial charge is 0.483 e. The lowest BCUT2D eigenvalue weighted by molar-refractivity contribution is -0.142. The fourth-order valence-corrected chi connectivity index (χ4v) is 2.54. The summed E-state index contributed by atoms with van der Waals surface area (Å²) in [6.07, 6.45) is -2.93. The van der Waals surface area contributed by atoms with Crippen molar-refractivity contribution in [1.29, 1.82) is 0 Å². The van der Waals surface area contributed by atoms with E-state index in [9.17, 15) is 22.8 Å². The zero-order valence-electron chi connectivity index (χ0n) is 12.2. The van der Waals surface area contributed by atoms with Crippen molar-refractivity contribution >= 4 is 11.9 Å². The Labute approximate surface area is 130 Å². The van der Waals surface area contributed by atoms with Gasteiger partial charge in [-0.1, -0.05) is 12.1 Å². The molecule has 8 heteroatoms. The third-order valence-electron chi connectivity index (χ3n) is 3.76. The third kappa shape index (κ3) is 4.37. The van der Waals surface area contributed by atoms with E-state index in [0.29, 0.717) is 12.8 Å². The van der Waals surface area contributed by atoms with Gasteiger partial charge in [-0.2, -0.15) is 13.2 Å². The number of para-hydroxylation sites is 1. The molecule has 1 aliphatic rings. The maximum Gasteiger partial charge on any atom is 0.419 e. The lowest BCUT2D eigenvalue weighted by Crippen LogP contribution is -2.55. The van der Waals surface area contributed by atoms with Crippen LogP contribution in [-0.4, -0.2) is 29.1 Å². The SMILES string of the molecule is O=C(O)CC1(NC(=O)COc2ccccc2C(F)(F)F)CCC1. The molecule has 0 aromatic heterocycles. The van der Waals surface area contributed by atoms with Gasteiger partial charge in [0.25, 0.3) is 5.91 Å². The van der Waals surface area contributed by atoms with Gasteiger partial charge in [-0.05, 0) is 31.4 Å². The van der Waals surface area contributed by atoms with E-state index < -0.39 is 41.5 Å². The second-order valence-electron chi connectivity index (χ2n) is 5.54. The van der Waals surface area contributed by atoms with E-state index in [0.717, 1.165) is 18.6 Å². The molecule has 0 unspecified atom stereocenters. The van der Waals surface area contributed by atoms with E-state index in [1.54, 1.807) is 0 Å². The van der Waals surface area contributed by atoms with Crippen LogP contribution in [0.4, 0.5) is 13.2 Å². The van der Waals surface area contributed by atoms with Gasteiger partial charge in [0.2, 0.25) is 0 Å². The third-order valence-corrected chi connectivity index (χ3v) is 3.76. The van der Waals surface area contributed by atoms with Crippen LogP contribution in [-0.2, 0) is 15.8 Å². The summed E-state index contributed by atoms with van der Waals surface area (Å²) in [6, 6.07) is 4.60. The van der Waals surface area contributed by atoms with Crippen LogP contribution >= 0.6 is 0 Å². The first-order valence-corrected chi connectivity index (χ1v) is 7.04. The van der Waals surface area contributed by atoms with Crippen molar-refractivity contribution < 1.29 is 32.6 Å². The highest BCUT2D eigenvalue weighted by molar-refractivity contribution is 5.80. The monoisotopic (exact) mass is 331 g/mol. The number of aliphatic carboxylic acids is 1. The predicted molar refractivity (Wildman–Crippen MR) is 73.9 cm³/mol. The summed E-state index contributed by atoms with van der Waals surface area (Å²) in [4.78, 5) is 22.7. The first-order chi connectivity index (χ1) is 10.7. The number of alkyl halides is 3. The Bertz CT molecular complexity index is 597. The molecule has 0 heterocycles. The lowest BCUT2D eigenvalue weighted by Gasteiger charge is -2.41. The lowest BCUT2D eigenvalue weighted by atomic mass is 9.74. The van der Waals surface area contributed by atoms with Gasteiger partial charge in [-0.15, -0.1) is 0 Å². The summed E-state index contributed by atoms with van der Waals surface area (Å²) in [5, 5.41) is 11.4. The Morgan fingerprint density at radius 2 is 1.91 bits per heavy atom. The van der Waals surface area contributed by atoms with Gasteiger partial charge in [0.05, 0.1) is 17.5 Å². The molecule has 0 aliphatic heterocycles. The molecule has 2 rings (SSSR count). The van der Waals surface area contributed by atoms with Crippen molar-refractivity contribution in [3.8, 4) is 5.75 Å². The summed E-state index contributed by atoms with van der Waals surface area (Å²) in [7, 11) is 0. The molecule has 0 atom stereocenters. The van der Waals surface area contributed by atoms with Crippen molar-refractivity contribution in [2.45, 2.75) is 37.4 Å². The highest BCUT2D eigenvalue weighted by Crippen LogP contribution is 2.36. The molecule has 1 amide bonds. The van der Waals surface area contributed by atoms with Crippen LogP contribution in [0.5, 0.6) is 5.75 Å². The summed E-state index contributed by atoms with van der Waals surface area (Å²) in [6.45, 7) is -0.603. The number of halogens is 3. The van der Waals surface area contributed by atoms with Crippen molar-refractivity contribution in [3.63, 3.8) is 0 Å². The van der Waals surface area contributed by atoms with Crippen LogP contribution in [0.1, 0.15) is 31.2 Å². The summed E-state index contributed by atoms with van der Waals surface area (Å²) in [5.74, 6) is -2.10. The number of benzene rings is 1. The number of carbonyl (C=O) groups is 2. The average Bonchev–Trinajstić information content (AvgIpc) is 2.41.